The van der Waals surface area contributed by atoms with Gasteiger partial charge in [-0.05, 0) is 25.5 Å². The number of benzene rings is 1. The lowest BCUT2D eigenvalue weighted by atomic mass is 10.0. The van der Waals surface area contributed by atoms with Crippen LogP contribution >= 0.6 is 0 Å². The maximum atomic E-state index is 11.7. The normalized spacial score (nSPS) is 9.38. The minimum absolute atomic E-state index is 0.201. The second kappa shape index (κ2) is 5.17. The van der Waals surface area contributed by atoms with Gasteiger partial charge in [-0.2, -0.15) is 5.26 Å². The summed E-state index contributed by atoms with van der Waals surface area (Å²) < 4.78 is 10.0. The smallest absolute Gasteiger partial charge is 0.343 e. The molecule has 0 aliphatic rings. The zero-order valence-corrected chi connectivity index (χ0v) is 9.53. The lowest BCUT2D eigenvalue weighted by Gasteiger charge is -2.11. The van der Waals surface area contributed by atoms with Crippen LogP contribution in [-0.2, 0) is 4.74 Å². The van der Waals surface area contributed by atoms with Gasteiger partial charge in [0, 0.05) is 0 Å². The van der Waals surface area contributed by atoms with Crippen LogP contribution in [-0.4, -0.2) is 19.7 Å². The van der Waals surface area contributed by atoms with E-state index in [-0.39, 0.29) is 17.7 Å². The highest BCUT2D eigenvalue weighted by Gasteiger charge is 2.20. The number of nitriles is 1. The molecule has 1 aromatic carbocycles. The van der Waals surface area contributed by atoms with Crippen LogP contribution in [0, 0.1) is 18.3 Å². The van der Waals surface area contributed by atoms with Gasteiger partial charge >= 0.3 is 5.97 Å². The van der Waals surface area contributed by atoms with Gasteiger partial charge in [0.2, 0.25) is 0 Å². The molecule has 84 valence electrons. The SMILES string of the molecule is CCOC(=O)c1c(C#N)ccc(C)c1OC. The third-order valence-corrected chi connectivity index (χ3v) is 2.16. The van der Waals surface area contributed by atoms with Crippen LogP contribution in [0.25, 0.3) is 0 Å². The summed E-state index contributed by atoms with van der Waals surface area (Å²) in [4.78, 5) is 11.7. The van der Waals surface area contributed by atoms with E-state index >= 15 is 0 Å². The van der Waals surface area contributed by atoms with Crippen molar-refractivity contribution in [3.05, 3.63) is 28.8 Å². The molecule has 0 amide bonds. The van der Waals surface area contributed by atoms with Gasteiger partial charge in [0.15, 0.2) is 0 Å². The van der Waals surface area contributed by atoms with Crippen LogP contribution in [0.15, 0.2) is 12.1 Å². The number of hydrogen-bond acceptors (Lipinski definition) is 4. The van der Waals surface area contributed by atoms with Gasteiger partial charge in [-0.25, -0.2) is 4.79 Å². The Kier molecular flexibility index (Phi) is 3.90. The largest absolute Gasteiger partial charge is 0.496 e. The minimum Gasteiger partial charge on any atom is -0.496 e. The Bertz CT molecular complexity index is 446. The zero-order valence-electron chi connectivity index (χ0n) is 9.53. The van der Waals surface area contributed by atoms with Crippen LogP contribution in [0.5, 0.6) is 5.75 Å². The molecule has 4 nitrogen and oxygen atoms in total. The third-order valence-electron chi connectivity index (χ3n) is 2.16. The van der Waals surface area contributed by atoms with Crippen molar-refractivity contribution in [3.63, 3.8) is 0 Å². The first-order valence-corrected chi connectivity index (χ1v) is 4.90. The summed E-state index contributed by atoms with van der Waals surface area (Å²) in [5.74, 6) is -0.128. The molecule has 0 heterocycles. The minimum atomic E-state index is -0.528. The summed E-state index contributed by atoms with van der Waals surface area (Å²) in [5, 5.41) is 8.93. The topological polar surface area (TPSA) is 59.3 Å². The van der Waals surface area contributed by atoms with E-state index in [2.05, 4.69) is 0 Å². The number of esters is 1. The number of hydrogen-bond donors (Lipinski definition) is 0. The van der Waals surface area contributed by atoms with Crippen molar-refractivity contribution in [2.45, 2.75) is 13.8 Å². The van der Waals surface area contributed by atoms with E-state index in [1.165, 1.54) is 7.11 Å². The van der Waals surface area contributed by atoms with E-state index in [0.717, 1.165) is 5.56 Å². The van der Waals surface area contributed by atoms with Crippen molar-refractivity contribution >= 4 is 5.97 Å². The summed E-state index contributed by atoms with van der Waals surface area (Å²) in [6, 6.07) is 5.28. The average Bonchev–Trinajstić information content (AvgIpc) is 2.28. The molecule has 0 atom stereocenters. The first-order chi connectivity index (χ1) is 7.65. The van der Waals surface area contributed by atoms with Crippen molar-refractivity contribution in [2.75, 3.05) is 13.7 Å². The summed E-state index contributed by atoms with van der Waals surface area (Å²) in [6.07, 6.45) is 0. The Morgan fingerprint density at radius 3 is 2.69 bits per heavy atom. The van der Waals surface area contributed by atoms with Gasteiger partial charge in [-0.3, -0.25) is 0 Å². The number of methoxy groups -OCH3 is 1. The van der Waals surface area contributed by atoms with Crippen LogP contribution in [0.3, 0.4) is 0 Å². The van der Waals surface area contributed by atoms with E-state index < -0.39 is 5.97 Å². The lowest BCUT2D eigenvalue weighted by molar-refractivity contribution is 0.0522. The number of aryl methyl sites for hydroxylation is 1. The van der Waals surface area contributed by atoms with Crippen LogP contribution in [0.2, 0.25) is 0 Å². The Morgan fingerprint density at radius 2 is 2.19 bits per heavy atom. The van der Waals surface area contributed by atoms with Gasteiger partial charge < -0.3 is 9.47 Å². The number of ether oxygens (including phenoxy) is 2. The second-order valence-electron chi connectivity index (χ2n) is 3.17. The fourth-order valence-electron chi connectivity index (χ4n) is 1.45. The predicted octanol–water partition coefficient (Wildman–Crippen LogP) is 2.05. The maximum Gasteiger partial charge on any atom is 0.343 e. The van der Waals surface area contributed by atoms with E-state index in [0.29, 0.717) is 5.75 Å². The quantitative estimate of drug-likeness (QED) is 0.730. The molecule has 0 saturated heterocycles. The highest BCUT2D eigenvalue weighted by Crippen LogP contribution is 2.27. The fourth-order valence-corrected chi connectivity index (χ4v) is 1.45. The lowest BCUT2D eigenvalue weighted by Crippen LogP contribution is -2.10. The summed E-state index contributed by atoms with van der Waals surface area (Å²) in [5.41, 5.74) is 1.26. The van der Waals surface area contributed by atoms with Crippen LogP contribution in [0.4, 0.5) is 0 Å². The zero-order chi connectivity index (χ0) is 12.1. The Morgan fingerprint density at radius 1 is 1.50 bits per heavy atom. The molecule has 0 bridgehead atoms. The first-order valence-electron chi connectivity index (χ1n) is 4.90. The maximum absolute atomic E-state index is 11.7. The average molecular weight is 219 g/mol. The molecule has 0 N–H and O–H groups in total. The second-order valence-corrected chi connectivity index (χ2v) is 3.17. The van der Waals surface area contributed by atoms with Crippen LogP contribution < -0.4 is 4.74 Å². The molecule has 0 aliphatic heterocycles. The van der Waals surface area contributed by atoms with E-state index in [1.807, 2.05) is 13.0 Å². The standard InChI is InChI=1S/C12H13NO3/c1-4-16-12(14)10-9(7-13)6-5-8(2)11(10)15-3/h5-6H,4H2,1-3H3. The van der Waals surface area contributed by atoms with E-state index in [1.54, 1.807) is 19.1 Å². The Hall–Kier alpha value is -2.02. The van der Waals surface area contributed by atoms with Crippen molar-refractivity contribution in [1.29, 1.82) is 5.26 Å². The van der Waals surface area contributed by atoms with E-state index in [4.69, 9.17) is 14.7 Å². The van der Waals surface area contributed by atoms with Gasteiger partial charge in [0.1, 0.15) is 17.4 Å². The molecule has 0 unspecified atom stereocenters. The predicted molar refractivity (Wildman–Crippen MR) is 58.4 cm³/mol. The molecule has 0 spiro atoms. The summed E-state index contributed by atoms with van der Waals surface area (Å²) in [7, 11) is 1.46. The monoisotopic (exact) mass is 219 g/mol. The Balaban J connectivity index is 3.37. The van der Waals surface area contributed by atoms with Gasteiger partial charge in [-0.15, -0.1) is 0 Å². The Labute approximate surface area is 94.4 Å². The first kappa shape index (κ1) is 12.1. The fraction of sp³-hybridized carbons (Fsp3) is 0.333. The number of nitrogens with zero attached hydrogens (tertiary/aromatic N) is 1. The van der Waals surface area contributed by atoms with Crippen molar-refractivity contribution in [1.82, 2.24) is 0 Å². The molecule has 16 heavy (non-hydrogen) atoms. The third kappa shape index (κ3) is 2.14. The molecule has 1 aromatic rings. The van der Waals surface area contributed by atoms with Crippen molar-refractivity contribution < 1.29 is 14.3 Å². The summed E-state index contributed by atoms with van der Waals surface area (Å²) in [6.45, 7) is 3.79. The molecule has 1 rings (SSSR count). The molecule has 0 saturated carbocycles. The highest BCUT2D eigenvalue weighted by molar-refractivity contribution is 5.95. The molecule has 0 aromatic heterocycles. The number of carbonyl (C=O) groups excluding carboxylic acids is 1. The van der Waals surface area contributed by atoms with E-state index in [9.17, 15) is 4.79 Å². The molecule has 4 heteroatoms. The molecule has 0 aliphatic carbocycles. The van der Waals surface area contributed by atoms with Gasteiger partial charge in [0.25, 0.3) is 0 Å². The van der Waals surface area contributed by atoms with Crippen molar-refractivity contribution in [3.8, 4) is 11.8 Å². The molecule has 0 fully saturated rings. The van der Waals surface area contributed by atoms with Gasteiger partial charge in [0.05, 0.1) is 19.3 Å². The molecular weight excluding hydrogens is 206 g/mol. The van der Waals surface area contributed by atoms with Crippen molar-refractivity contribution in [2.24, 2.45) is 0 Å². The molecule has 0 radical (unpaired) electrons. The van der Waals surface area contributed by atoms with Crippen LogP contribution in [0.1, 0.15) is 28.4 Å². The number of rotatable bonds is 3. The molecular formula is C12H13NO3. The highest BCUT2D eigenvalue weighted by atomic mass is 16.5. The van der Waals surface area contributed by atoms with Gasteiger partial charge in [-0.1, -0.05) is 6.07 Å². The number of carbonyl (C=O) groups is 1. The summed E-state index contributed by atoms with van der Waals surface area (Å²) >= 11 is 0.